The Morgan fingerprint density at radius 1 is 1.00 bits per heavy atom. The predicted molar refractivity (Wildman–Crippen MR) is 135 cm³/mol. The highest BCUT2D eigenvalue weighted by Gasteiger charge is 2.15. The lowest BCUT2D eigenvalue weighted by Crippen LogP contribution is -2.35. The molecule has 4 aromatic rings. The number of nitrogens with one attached hydrogen (secondary N) is 1. The zero-order valence-corrected chi connectivity index (χ0v) is 20.3. The Balaban J connectivity index is 1.39. The third kappa shape index (κ3) is 5.33. The van der Waals surface area contributed by atoms with E-state index in [0.717, 1.165) is 83.4 Å². The summed E-state index contributed by atoms with van der Waals surface area (Å²) in [6.45, 7) is 8.48. The number of halogens is 1. The number of benzene rings is 2. The summed E-state index contributed by atoms with van der Waals surface area (Å²) in [6.07, 6.45) is 0.722. The molecule has 0 saturated carbocycles. The highest BCUT2D eigenvalue weighted by Crippen LogP contribution is 2.31. The van der Waals surface area contributed by atoms with Gasteiger partial charge in [-0.15, -0.1) is 0 Å². The maximum atomic E-state index is 6.06. The van der Waals surface area contributed by atoms with Crippen LogP contribution in [-0.2, 0) is 17.7 Å². The molecule has 1 fully saturated rings. The minimum absolute atomic E-state index is 0.722. The fourth-order valence-electron chi connectivity index (χ4n) is 4.10. The van der Waals surface area contributed by atoms with Crippen molar-refractivity contribution in [2.24, 2.45) is 0 Å². The number of morpholine rings is 1. The Kier molecular flexibility index (Phi) is 6.55. The van der Waals surface area contributed by atoms with Crippen LogP contribution in [0.5, 0.6) is 0 Å². The Labute approximate surface area is 202 Å². The van der Waals surface area contributed by atoms with E-state index in [4.69, 9.17) is 26.3 Å². The molecule has 170 valence electrons. The topological polar surface area (TPSA) is 63.2 Å². The van der Waals surface area contributed by atoms with Crippen LogP contribution in [0.2, 0.25) is 5.02 Å². The maximum absolute atomic E-state index is 6.06. The zero-order chi connectivity index (χ0) is 22.8. The van der Waals surface area contributed by atoms with Crippen molar-refractivity contribution in [3.05, 3.63) is 75.7 Å². The van der Waals surface area contributed by atoms with Gasteiger partial charge in [-0.2, -0.15) is 0 Å². The summed E-state index contributed by atoms with van der Waals surface area (Å²) >= 11 is 7.71. The second-order valence-electron chi connectivity index (χ2n) is 8.32. The van der Waals surface area contributed by atoms with Gasteiger partial charge in [-0.1, -0.05) is 41.1 Å². The molecule has 2 aromatic carbocycles. The van der Waals surface area contributed by atoms with Crippen molar-refractivity contribution >= 4 is 44.1 Å². The first-order chi connectivity index (χ1) is 16.0. The third-order valence-electron chi connectivity index (χ3n) is 5.81. The van der Waals surface area contributed by atoms with Crippen LogP contribution in [0.25, 0.3) is 10.2 Å². The Bertz CT molecular complexity index is 1270. The van der Waals surface area contributed by atoms with Gasteiger partial charge in [0, 0.05) is 42.3 Å². The van der Waals surface area contributed by atoms with Crippen molar-refractivity contribution in [2.45, 2.75) is 26.8 Å². The first-order valence-electron chi connectivity index (χ1n) is 11.1. The lowest BCUT2D eigenvalue weighted by atomic mass is 10.0. The molecule has 1 saturated heterocycles. The van der Waals surface area contributed by atoms with Crippen LogP contribution in [0, 0.1) is 13.8 Å². The first-order valence-corrected chi connectivity index (χ1v) is 12.3. The van der Waals surface area contributed by atoms with Gasteiger partial charge in [0.2, 0.25) is 0 Å². The molecule has 1 aliphatic rings. The highest BCUT2D eigenvalue weighted by molar-refractivity contribution is 7.22. The summed E-state index contributed by atoms with van der Waals surface area (Å²) in [4.78, 5) is 16.5. The van der Waals surface area contributed by atoms with Crippen LogP contribution < -0.4 is 5.32 Å². The van der Waals surface area contributed by atoms with Gasteiger partial charge in [0.15, 0.2) is 5.13 Å². The Morgan fingerprint density at radius 2 is 1.76 bits per heavy atom. The van der Waals surface area contributed by atoms with E-state index < -0.39 is 0 Å². The molecule has 3 heterocycles. The summed E-state index contributed by atoms with van der Waals surface area (Å²) in [6, 6.07) is 14.4. The molecule has 33 heavy (non-hydrogen) atoms. The van der Waals surface area contributed by atoms with Gasteiger partial charge in [0.25, 0.3) is 0 Å². The van der Waals surface area contributed by atoms with Crippen molar-refractivity contribution in [3.8, 4) is 0 Å². The minimum atomic E-state index is 0.722. The molecule has 8 heteroatoms. The van der Waals surface area contributed by atoms with Gasteiger partial charge in [0.1, 0.15) is 11.6 Å². The zero-order valence-electron chi connectivity index (χ0n) is 18.8. The molecule has 0 radical (unpaired) electrons. The third-order valence-corrected chi connectivity index (χ3v) is 6.99. The molecule has 1 N–H and O–H groups in total. The lowest BCUT2D eigenvalue weighted by molar-refractivity contribution is 0.0342. The van der Waals surface area contributed by atoms with Gasteiger partial charge < -0.3 is 10.1 Å². The number of hydrogen-bond donors (Lipinski definition) is 1. The van der Waals surface area contributed by atoms with E-state index in [1.807, 2.05) is 38.1 Å². The Hall–Kier alpha value is -2.58. The minimum Gasteiger partial charge on any atom is -0.379 e. The smallest absolute Gasteiger partial charge is 0.189 e. The molecule has 0 amide bonds. The summed E-state index contributed by atoms with van der Waals surface area (Å²) in [7, 11) is 0. The van der Waals surface area contributed by atoms with E-state index in [1.54, 1.807) is 11.3 Å². The molecule has 0 aliphatic carbocycles. The average molecular weight is 480 g/mol. The van der Waals surface area contributed by atoms with E-state index >= 15 is 0 Å². The van der Waals surface area contributed by atoms with Crippen molar-refractivity contribution in [2.75, 3.05) is 31.6 Å². The second kappa shape index (κ2) is 9.73. The largest absolute Gasteiger partial charge is 0.379 e. The fourth-order valence-corrected chi connectivity index (χ4v) is 5.15. The van der Waals surface area contributed by atoms with Gasteiger partial charge in [-0.3, -0.25) is 4.90 Å². The SMILES string of the molecule is Cc1nc(C)c(Cc2ccc(Cl)cc2)c(Nc2nc3ccc(CN4CCOCC4)cc3s2)n1. The van der Waals surface area contributed by atoms with E-state index in [-0.39, 0.29) is 0 Å². The van der Waals surface area contributed by atoms with Gasteiger partial charge in [-0.25, -0.2) is 15.0 Å². The molecule has 0 bridgehead atoms. The molecule has 0 atom stereocenters. The van der Waals surface area contributed by atoms with E-state index in [1.165, 1.54) is 10.3 Å². The number of aromatic nitrogens is 3. The van der Waals surface area contributed by atoms with Crippen molar-refractivity contribution in [3.63, 3.8) is 0 Å². The van der Waals surface area contributed by atoms with Crippen LogP contribution in [-0.4, -0.2) is 46.2 Å². The number of aryl methyl sites for hydroxylation is 2. The number of ether oxygens (including phenoxy) is 1. The molecular weight excluding hydrogens is 454 g/mol. The standard InChI is InChI=1S/C25H26ClN5OS/c1-16-21(13-18-3-6-20(26)7-4-18)24(28-17(2)27-16)30-25-29-22-8-5-19(14-23(22)33-25)15-31-9-11-32-12-10-31/h3-8,14H,9-13,15H2,1-2H3,(H,27,28,29,30). The molecular formula is C25H26ClN5OS. The summed E-state index contributed by atoms with van der Waals surface area (Å²) in [5, 5.41) is 5.05. The number of hydrogen-bond acceptors (Lipinski definition) is 7. The van der Waals surface area contributed by atoms with Gasteiger partial charge in [0.05, 0.1) is 23.4 Å². The average Bonchev–Trinajstić information content (AvgIpc) is 3.19. The molecule has 1 aliphatic heterocycles. The van der Waals surface area contributed by atoms with Crippen molar-refractivity contribution < 1.29 is 4.74 Å². The lowest BCUT2D eigenvalue weighted by Gasteiger charge is -2.26. The molecule has 0 unspecified atom stereocenters. The van der Waals surface area contributed by atoms with Crippen LogP contribution >= 0.6 is 22.9 Å². The van der Waals surface area contributed by atoms with Crippen molar-refractivity contribution in [1.29, 1.82) is 0 Å². The fraction of sp³-hybridized carbons (Fsp3) is 0.320. The number of fused-ring (bicyclic) bond motifs is 1. The Morgan fingerprint density at radius 3 is 2.55 bits per heavy atom. The molecule has 0 spiro atoms. The van der Waals surface area contributed by atoms with Crippen LogP contribution in [0.4, 0.5) is 10.9 Å². The molecule has 2 aromatic heterocycles. The maximum Gasteiger partial charge on any atom is 0.189 e. The van der Waals surface area contributed by atoms with Crippen LogP contribution in [0.15, 0.2) is 42.5 Å². The van der Waals surface area contributed by atoms with Gasteiger partial charge in [-0.05, 0) is 49.2 Å². The molecule has 5 rings (SSSR count). The predicted octanol–water partition coefficient (Wildman–Crippen LogP) is 5.52. The first kappa shape index (κ1) is 22.2. The number of rotatable bonds is 6. The van der Waals surface area contributed by atoms with Crippen LogP contribution in [0.3, 0.4) is 0 Å². The van der Waals surface area contributed by atoms with E-state index in [2.05, 4.69) is 33.4 Å². The highest BCUT2D eigenvalue weighted by atomic mass is 35.5. The monoisotopic (exact) mass is 479 g/mol. The number of nitrogens with zero attached hydrogens (tertiary/aromatic N) is 4. The van der Waals surface area contributed by atoms with E-state index in [0.29, 0.717) is 0 Å². The number of thiazole rings is 1. The summed E-state index contributed by atoms with van der Waals surface area (Å²) in [5.74, 6) is 1.55. The quantitative estimate of drug-likeness (QED) is 0.392. The molecule has 6 nitrogen and oxygen atoms in total. The normalized spacial score (nSPS) is 14.6. The van der Waals surface area contributed by atoms with Gasteiger partial charge >= 0.3 is 0 Å². The summed E-state index contributed by atoms with van der Waals surface area (Å²) < 4.78 is 6.63. The second-order valence-corrected chi connectivity index (χ2v) is 9.79. The van der Waals surface area contributed by atoms with Crippen molar-refractivity contribution in [1.82, 2.24) is 19.9 Å². The van der Waals surface area contributed by atoms with Crippen LogP contribution in [0.1, 0.15) is 28.2 Å². The summed E-state index contributed by atoms with van der Waals surface area (Å²) in [5.41, 5.74) is 5.49. The van der Waals surface area contributed by atoms with E-state index in [9.17, 15) is 0 Å². The number of anilines is 2.